The van der Waals surface area contributed by atoms with Gasteiger partial charge in [0.25, 0.3) is 0 Å². The van der Waals surface area contributed by atoms with Gasteiger partial charge in [-0.3, -0.25) is 0 Å². The first-order valence-corrected chi connectivity index (χ1v) is 8.88. The summed E-state index contributed by atoms with van der Waals surface area (Å²) in [5, 5.41) is 17.6. The van der Waals surface area contributed by atoms with E-state index >= 15 is 0 Å². The lowest BCUT2D eigenvalue weighted by atomic mass is 9.49. The van der Waals surface area contributed by atoms with Gasteiger partial charge in [-0.15, -0.1) is 5.10 Å². The van der Waals surface area contributed by atoms with E-state index in [1.165, 1.54) is 44.2 Å². The van der Waals surface area contributed by atoms with Gasteiger partial charge in [0.2, 0.25) is 0 Å². The van der Waals surface area contributed by atoms with E-state index in [1.807, 2.05) is 23.0 Å². The summed E-state index contributed by atoms with van der Waals surface area (Å²) in [7, 11) is 0. The molecule has 0 aliphatic heterocycles. The third-order valence-corrected chi connectivity index (χ3v) is 6.49. The summed E-state index contributed by atoms with van der Waals surface area (Å²) in [6.07, 6.45) is 9.97. The van der Waals surface area contributed by atoms with Gasteiger partial charge in [0.05, 0.1) is 23.1 Å². The van der Waals surface area contributed by atoms with Gasteiger partial charge >= 0.3 is 5.97 Å². The lowest BCUT2D eigenvalue weighted by Crippen LogP contribution is -2.49. The molecular weight excluding hydrogens is 302 g/mol. The first-order valence-electron chi connectivity index (χ1n) is 8.88. The molecule has 0 saturated heterocycles. The van der Waals surface area contributed by atoms with Gasteiger partial charge in [0.15, 0.2) is 0 Å². The van der Waals surface area contributed by atoms with E-state index in [1.54, 1.807) is 12.1 Å². The Labute approximate surface area is 140 Å². The molecule has 4 bridgehead atoms. The molecule has 4 aliphatic rings. The first-order chi connectivity index (χ1) is 11.6. The van der Waals surface area contributed by atoms with Crippen LogP contribution in [0.15, 0.2) is 30.5 Å². The summed E-state index contributed by atoms with van der Waals surface area (Å²) in [6, 6.07) is 6.95. The van der Waals surface area contributed by atoms with E-state index in [0.717, 1.165) is 23.4 Å². The smallest absolute Gasteiger partial charge is 0.335 e. The Bertz CT molecular complexity index is 758. The molecule has 2 aromatic rings. The molecule has 5 heteroatoms. The van der Waals surface area contributed by atoms with Crippen LogP contribution in [-0.4, -0.2) is 26.1 Å². The van der Waals surface area contributed by atoms with Crippen molar-refractivity contribution in [2.24, 2.45) is 17.8 Å². The minimum Gasteiger partial charge on any atom is -0.478 e. The predicted octanol–water partition coefficient (Wildman–Crippen LogP) is 3.43. The van der Waals surface area contributed by atoms with Gasteiger partial charge in [-0.1, -0.05) is 5.21 Å². The zero-order valence-corrected chi connectivity index (χ0v) is 13.6. The van der Waals surface area contributed by atoms with E-state index in [9.17, 15) is 4.79 Å². The second-order valence-electron chi connectivity index (χ2n) is 8.08. The molecule has 124 valence electrons. The van der Waals surface area contributed by atoms with E-state index < -0.39 is 5.97 Å². The molecule has 6 rings (SSSR count). The van der Waals surface area contributed by atoms with Gasteiger partial charge < -0.3 is 5.11 Å². The van der Waals surface area contributed by atoms with Gasteiger partial charge in [-0.25, -0.2) is 9.48 Å². The molecular formula is C19H21N3O2. The molecule has 0 radical (unpaired) electrons. The second kappa shape index (κ2) is 4.91. The zero-order chi connectivity index (χ0) is 16.3. The molecule has 5 nitrogen and oxygen atoms in total. The molecule has 4 aliphatic carbocycles. The largest absolute Gasteiger partial charge is 0.478 e. The molecule has 1 heterocycles. The van der Waals surface area contributed by atoms with Crippen molar-refractivity contribution in [3.05, 3.63) is 41.7 Å². The molecule has 0 amide bonds. The fraction of sp³-hybridized carbons (Fsp3) is 0.526. The Balaban J connectivity index is 1.55. The highest BCUT2D eigenvalue weighted by atomic mass is 16.4. The minimum atomic E-state index is -0.901. The summed E-state index contributed by atoms with van der Waals surface area (Å²) < 4.78 is 1.94. The average Bonchev–Trinajstić information content (AvgIpc) is 3.04. The highest BCUT2D eigenvalue weighted by molar-refractivity contribution is 5.87. The number of hydrogen-bond donors (Lipinski definition) is 1. The standard InChI is InChI=1S/C19H21N3O2/c23-18(24)15-1-3-16(4-2-15)22-17(11-20-21-22)19-8-12-5-13(9-19)7-14(6-12)10-19/h1-4,11-14H,5-10H2,(H,23,24). The molecule has 1 aromatic heterocycles. The van der Waals surface area contributed by atoms with Crippen LogP contribution in [0.4, 0.5) is 0 Å². The van der Waals surface area contributed by atoms with Gasteiger partial charge in [0.1, 0.15) is 0 Å². The highest BCUT2D eigenvalue weighted by Gasteiger charge is 2.53. The monoisotopic (exact) mass is 323 g/mol. The number of aromatic carboxylic acids is 1. The van der Waals surface area contributed by atoms with Crippen molar-refractivity contribution in [2.45, 2.75) is 43.9 Å². The Morgan fingerprint density at radius 1 is 1.04 bits per heavy atom. The van der Waals surface area contributed by atoms with Crippen LogP contribution < -0.4 is 0 Å². The fourth-order valence-corrected chi connectivity index (χ4v) is 5.96. The third kappa shape index (κ3) is 2.03. The molecule has 0 unspecified atom stereocenters. The van der Waals surface area contributed by atoms with Crippen molar-refractivity contribution in [2.75, 3.05) is 0 Å². The van der Waals surface area contributed by atoms with E-state index in [0.29, 0.717) is 5.56 Å². The summed E-state index contributed by atoms with van der Waals surface area (Å²) in [4.78, 5) is 11.1. The molecule has 1 aromatic carbocycles. The SMILES string of the molecule is O=C(O)c1ccc(-n2nncc2C23CC4CC(CC(C4)C2)C3)cc1. The fourth-order valence-electron chi connectivity index (χ4n) is 5.96. The van der Waals surface area contributed by atoms with Gasteiger partial charge in [-0.05, 0) is 80.5 Å². The number of carboxylic acids is 1. The zero-order valence-electron chi connectivity index (χ0n) is 13.6. The van der Waals surface area contributed by atoms with E-state index in [4.69, 9.17) is 5.11 Å². The van der Waals surface area contributed by atoms with Gasteiger partial charge in [0, 0.05) is 5.41 Å². The van der Waals surface area contributed by atoms with Crippen molar-refractivity contribution < 1.29 is 9.90 Å². The van der Waals surface area contributed by atoms with Crippen molar-refractivity contribution in [3.8, 4) is 5.69 Å². The molecule has 24 heavy (non-hydrogen) atoms. The maximum atomic E-state index is 11.1. The van der Waals surface area contributed by atoms with Crippen LogP contribution in [0.1, 0.15) is 54.6 Å². The predicted molar refractivity (Wildman–Crippen MR) is 88.2 cm³/mol. The van der Waals surface area contributed by atoms with Crippen molar-refractivity contribution in [1.82, 2.24) is 15.0 Å². The maximum Gasteiger partial charge on any atom is 0.335 e. The average molecular weight is 323 g/mol. The molecule has 0 atom stereocenters. The number of carbonyl (C=O) groups is 1. The number of hydrogen-bond acceptors (Lipinski definition) is 3. The van der Waals surface area contributed by atoms with Crippen LogP contribution >= 0.6 is 0 Å². The maximum absolute atomic E-state index is 11.1. The first kappa shape index (κ1) is 14.2. The Morgan fingerprint density at radius 3 is 2.17 bits per heavy atom. The molecule has 1 N–H and O–H groups in total. The number of rotatable bonds is 3. The van der Waals surface area contributed by atoms with Crippen LogP contribution in [0.25, 0.3) is 5.69 Å². The quantitative estimate of drug-likeness (QED) is 0.939. The van der Waals surface area contributed by atoms with Crippen LogP contribution in [0.5, 0.6) is 0 Å². The summed E-state index contributed by atoms with van der Waals surface area (Å²) in [6.45, 7) is 0. The Hall–Kier alpha value is -2.17. The normalized spacial score (nSPS) is 33.8. The summed E-state index contributed by atoms with van der Waals surface area (Å²) in [5.41, 5.74) is 2.66. The van der Waals surface area contributed by atoms with Crippen molar-refractivity contribution >= 4 is 5.97 Å². The third-order valence-electron chi connectivity index (χ3n) is 6.49. The lowest BCUT2D eigenvalue weighted by molar-refractivity contribution is -0.00828. The molecule has 4 fully saturated rings. The van der Waals surface area contributed by atoms with Crippen molar-refractivity contribution in [1.29, 1.82) is 0 Å². The van der Waals surface area contributed by atoms with Crippen LogP contribution in [-0.2, 0) is 5.41 Å². The number of aromatic nitrogens is 3. The Morgan fingerprint density at radius 2 is 1.62 bits per heavy atom. The lowest BCUT2D eigenvalue weighted by Gasteiger charge is -2.56. The topological polar surface area (TPSA) is 68.0 Å². The second-order valence-corrected chi connectivity index (χ2v) is 8.08. The van der Waals surface area contributed by atoms with Crippen LogP contribution in [0.3, 0.4) is 0 Å². The van der Waals surface area contributed by atoms with E-state index in [-0.39, 0.29) is 5.41 Å². The number of benzene rings is 1. The molecule has 0 spiro atoms. The van der Waals surface area contributed by atoms with Crippen LogP contribution in [0.2, 0.25) is 0 Å². The summed E-state index contributed by atoms with van der Waals surface area (Å²) in [5.74, 6) is 1.71. The number of carboxylic acid groups (broad SMARTS) is 1. The summed E-state index contributed by atoms with van der Waals surface area (Å²) >= 11 is 0. The van der Waals surface area contributed by atoms with Gasteiger partial charge in [-0.2, -0.15) is 0 Å². The number of nitrogens with zero attached hydrogens (tertiary/aromatic N) is 3. The Kier molecular flexibility index (Phi) is 2.91. The van der Waals surface area contributed by atoms with Crippen LogP contribution in [0, 0.1) is 17.8 Å². The molecule has 4 saturated carbocycles. The highest BCUT2D eigenvalue weighted by Crippen LogP contribution is 2.60. The van der Waals surface area contributed by atoms with E-state index in [2.05, 4.69) is 10.3 Å². The minimum absolute atomic E-state index is 0.226. The van der Waals surface area contributed by atoms with Crippen molar-refractivity contribution in [3.63, 3.8) is 0 Å².